The highest BCUT2D eigenvalue weighted by atomic mass is 16.7. The summed E-state index contributed by atoms with van der Waals surface area (Å²) in [5, 5.41) is 0. The molecular formula is C34H66O2. The van der Waals surface area contributed by atoms with Crippen LogP contribution in [0.1, 0.15) is 174 Å². The van der Waals surface area contributed by atoms with E-state index in [1.54, 1.807) is 0 Å². The molecule has 0 aliphatic rings. The van der Waals surface area contributed by atoms with Gasteiger partial charge in [0.15, 0.2) is 6.29 Å². The molecule has 0 atom stereocenters. The summed E-state index contributed by atoms with van der Waals surface area (Å²) < 4.78 is 12.4. The third-order valence-corrected chi connectivity index (χ3v) is 7.19. The molecule has 2 nitrogen and oxygen atoms in total. The van der Waals surface area contributed by atoms with E-state index < -0.39 is 0 Å². The van der Waals surface area contributed by atoms with E-state index in [4.69, 9.17) is 9.47 Å². The normalized spacial score (nSPS) is 11.8. The number of hydrogen-bond acceptors (Lipinski definition) is 2. The molecule has 0 saturated carbocycles. The standard InChI is InChI=1S/C34H66O2/c1-4-7-10-13-16-19-20-21-22-25-28-31-34(35-32-29-26-23-17-14-11-8-5-2)36-33-30-27-24-18-15-12-9-6-3/h4,7,10,34H,1,5-6,8-9,11-33H2,2-3H3/b10-7+. The minimum atomic E-state index is 0.0238. The minimum Gasteiger partial charge on any atom is -0.353 e. The molecule has 0 radical (unpaired) electrons. The van der Waals surface area contributed by atoms with Crippen LogP contribution in [0, 0.1) is 0 Å². The fourth-order valence-electron chi connectivity index (χ4n) is 4.77. The SMILES string of the molecule is C=C/C=C/CCCCCCCCCC(OCCCCCCCCCC)OCCCCCCCCCC. The molecule has 0 spiro atoms. The van der Waals surface area contributed by atoms with Gasteiger partial charge in [-0.2, -0.15) is 0 Å². The van der Waals surface area contributed by atoms with Crippen molar-refractivity contribution in [3.8, 4) is 0 Å². The smallest absolute Gasteiger partial charge is 0.157 e. The van der Waals surface area contributed by atoms with E-state index in [1.807, 2.05) is 6.08 Å². The summed E-state index contributed by atoms with van der Waals surface area (Å²) in [6, 6.07) is 0. The van der Waals surface area contributed by atoms with Crippen LogP contribution in [0.4, 0.5) is 0 Å². The molecule has 0 aliphatic heterocycles. The third kappa shape index (κ3) is 29.6. The summed E-state index contributed by atoms with van der Waals surface area (Å²) in [7, 11) is 0. The monoisotopic (exact) mass is 507 g/mol. The van der Waals surface area contributed by atoms with Crippen LogP contribution in [0.15, 0.2) is 24.8 Å². The summed E-state index contributed by atoms with van der Waals surface area (Å²) in [5.74, 6) is 0. The van der Waals surface area contributed by atoms with E-state index in [-0.39, 0.29) is 6.29 Å². The fourth-order valence-corrected chi connectivity index (χ4v) is 4.77. The molecule has 0 N–H and O–H groups in total. The van der Waals surface area contributed by atoms with Crippen LogP contribution in [-0.4, -0.2) is 19.5 Å². The van der Waals surface area contributed by atoms with E-state index in [0.29, 0.717) is 0 Å². The lowest BCUT2D eigenvalue weighted by Crippen LogP contribution is -2.19. The maximum absolute atomic E-state index is 6.22. The van der Waals surface area contributed by atoms with Crippen molar-refractivity contribution in [1.29, 1.82) is 0 Å². The summed E-state index contributed by atoms with van der Waals surface area (Å²) in [5.41, 5.74) is 0. The van der Waals surface area contributed by atoms with Gasteiger partial charge >= 0.3 is 0 Å². The first-order valence-electron chi connectivity index (χ1n) is 16.4. The zero-order valence-corrected chi connectivity index (χ0v) is 24.9. The van der Waals surface area contributed by atoms with Gasteiger partial charge in [-0.15, -0.1) is 0 Å². The molecule has 0 unspecified atom stereocenters. The molecule has 0 aromatic heterocycles. The third-order valence-electron chi connectivity index (χ3n) is 7.19. The summed E-state index contributed by atoms with van der Waals surface area (Å²) in [6.45, 7) is 10.0. The molecule has 214 valence electrons. The highest BCUT2D eigenvalue weighted by molar-refractivity contribution is 4.96. The topological polar surface area (TPSA) is 18.5 Å². The van der Waals surface area contributed by atoms with Gasteiger partial charge in [-0.25, -0.2) is 0 Å². The van der Waals surface area contributed by atoms with Crippen molar-refractivity contribution in [3.05, 3.63) is 24.8 Å². The first kappa shape index (κ1) is 35.4. The van der Waals surface area contributed by atoms with Crippen molar-refractivity contribution >= 4 is 0 Å². The lowest BCUT2D eigenvalue weighted by atomic mass is 10.1. The van der Waals surface area contributed by atoms with E-state index in [0.717, 1.165) is 19.6 Å². The van der Waals surface area contributed by atoms with Crippen molar-refractivity contribution in [3.63, 3.8) is 0 Å². The second kappa shape index (κ2) is 32.4. The van der Waals surface area contributed by atoms with Crippen molar-refractivity contribution in [1.82, 2.24) is 0 Å². The number of hydrogen-bond donors (Lipinski definition) is 0. The molecule has 0 amide bonds. The lowest BCUT2D eigenvalue weighted by molar-refractivity contribution is -0.148. The molecular weight excluding hydrogens is 440 g/mol. The summed E-state index contributed by atoms with van der Waals surface area (Å²) >= 11 is 0. The molecule has 0 aromatic rings. The Bertz CT molecular complexity index is 409. The van der Waals surface area contributed by atoms with Crippen molar-refractivity contribution < 1.29 is 9.47 Å². The Balaban J connectivity index is 3.88. The Morgan fingerprint density at radius 1 is 0.500 bits per heavy atom. The highest BCUT2D eigenvalue weighted by Crippen LogP contribution is 2.15. The Labute approximate surface area is 228 Å². The maximum atomic E-state index is 6.22. The maximum Gasteiger partial charge on any atom is 0.157 e. The van der Waals surface area contributed by atoms with Crippen molar-refractivity contribution in [2.24, 2.45) is 0 Å². The Morgan fingerprint density at radius 3 is 1.33 bits per heavy atom. The first-order chi connectivity index (χ1) is 17.8. The van der Waals surface area contributed by atoms with E-state index in [9.17, 15) is 0 Å². The largest absolute Gasteiger partial charge is 0.353 e. The Kier molecular flexibility index (Phi) is 31.9. The molecule has 0 fully saturated rings. The zero-order chi connectivity index (χ0) is 26.2. The van der Waals surface area contributed by atoms with Gasteiger partial charge in [0.25, 0.3) is 0 Å². The first-order valence-corrected chi connectivity index (χ1v) is 16.4. The summed E-state index contributed by atoms with van der Waals surface area (Å²) in [4.78, 5) is 0. The van der Waals surface area contributed by atoms with Crippen LogP contribution in [0.25, 0.3) is 0 Å². The van der Waals surface area contributed by atoms with Gasteiger partial charge in [-0.05, 0) is 38.5 Å². The van der Waals surface area contributed by atoms with Gasteiger partial charge in [0, 0.05) is 13.2 Å². The molecule has 0 heterocycles. The number of unbranched alkanes of at least 4 members (excludes halogenated alkanes) is 21. The van der Waals surface area contributed by atoms with Crippen LogP contribution in [0.5, 0.6) is 0 Å². The van der Waals surface area contributed by atoms with E-state index in [1.165, 1.54) is 154 Å². The van der Waals surface area contributed by atoms with Gasteiger partial charge in [-0.1, -0.05) is 161 Å². The van der Waals surface area contributed by atoms with Gasteiger partial charge in [0.05, 0.1) is 0 Å². The Morgan fingerprint density at radius 2 is 0.889 bits per heavy atom. The van der Waals surface area contributed by atoms with Crippen LogP contribution < -0.4 is 0 Å². The molecule has 36 heavy (non-hydrogen) atoms. The molecule has 0 saturated heterocycles. The van der Waals surface area contributed by atoms with E-state index >= 15 is 0 Å². The van der Waals surface area contributed by atoms with E-state index in [2.05, 4.69) is 32.6 Å². The molecule has 2 heteroatoms. The fraction of sp³-hybridized carbons (Fsp3) is 0.882. The van der Waals surface area contributed by atoms with Gasteiger partial charge in [0.2, 0.25) is 0 Å². The second-order valence-corrected chi connectivity index (χ2v) is 10.8. The van der Waals surface area contributed by atoms with Crippen LogP contribution in [0.2, 0.25) is 0 Å². The van der Waals surface area contributed by atoms with Crippen LogP contribution >= 0.6 is 0 Å². The number of rotatable bonds is 31. The molecule has 0 rings (SSSR count). The number of allylic oxidation sites excluding steroid dienone is 3. The second-order valence-electron chi connectivity index (χ2n) is 10.8. The van der Waals surface area contributed by atoms with Crippen molar-refractivity contribution in [2.45, 2.75) is 181 Å². The quantitative estimate of drug-likeness (QED) is 0.0528. The minimum absolute atomic E-state index is 0.0238. The van der Waals surface area contributed by atoms with Crippen molar-refractivity contribution in [2.75, 3.05) is 13.2 Å². The van der Waals surface area contributed by atoms with Crippen LogP contribution in [-0.2, 0) is 9.47 Å². The molecule has 0 aromatic carbocycles. The van der Waals surface area contributed by atoms with Crippen LogP contribution in [0.3, 0.4) is 0 Å². The summed E-state index contributed by atoms with van der Waals surface area (Å²) in [6.07, 6.45) is 39.4. The zero-order valence-electron chi connectivity index (χ0n) is 24.9. The lowest BCUT2D eigenvalue weighted by Gasteiger charge is -2.19. The Hall–Kier alpha value is -0.600. The number of ether oxygens (including phenoxy) is 2. The van der Waals surface area contributed by atoms with Gasteiger partial charge < -0.3 is 9.47 Å². The average molecular weight is 507 g/mol. The highest BCUT2D eigenvalue weighted by Gasteiger charge is 2.09. The van der Waals surface area contributed by atoms with Gasteiger partial charge in [0.1, 0.15) is 0 Å². The predicted molar refractivity (Wildman–Crippen MR) is 162 cm³/mol. The molecule has 0 bridgehead atoms. The van der Waals surface area contributed by atoms with Gasteiger partial charge in [-0.3, -0.25) is 0 Å². The predicted octanol–water partition coefficient (Wildman–Crippen LogP) is 11.9. The molecule has 0 aliphatic carbocycles. The average Bonchev–Trinajstić information content (AvgIpc) is 2.89.